The van der Waals surface area contributed by atoms with Crippen LogP contribution in [0.3, 0.4) is 0 Å². The maximum absolute atomic E-state index is 13.9. The summed E-state index contributed by atoms with van der Waals surface area (Å²) in [5.41, 5.74) is 3.79. The van der Waals surface area contributed by atoms with Crippen LogP contribution in [0.4, 0.5) is 8.78 Å². The Hall–Kier alpha value is -3.01. The molecule has 37 heavy (non-hydrogen) atoms. The molecule has 1 aliphatic rings. The number of rotatable bonds is 10. The molecule has 0 heterocycles. The summed E-state index contributed by atoms with van der Waals surface area (Å²) < 4.78 is 27.8. The molecule has 2 nitrogen and oxygen atoms in total. The van der Waals surface area contributed by atoms with Crippen LogP contribution in [0.15, 0.2) is 60.7 Å². The fraction of sp³-hybridized carbons (Fsp3) is 0.424. The molecular weight excluding hydrogens is 466 g/mol. The largest absolute Gasteiger partial charge is 0.507 e. The van der Waals surface area contributed by atoms with E-state index in [9.17, 15) is 18.7 Å². The third-order valence-corrected chi connectivity index (χ3v) is 8.03. The lowest BCUT2D eigenvalue weighted by molar-refractivity contribution is 0.0984. The monoisotopic (exact) mass is 504 g/mol. The Morgan fingerprint density at radius 2 is 1.43 bits per heavy atom. The fourth-order valence-corrected chi connectivity index (χ4v) is 5.75. The lowest BCUT2D eigenvalue weighted by Crippen LogP contribution is -2.13. The van der Waals surface area contributed by atoms with Crippen LogP contribution in [0.1, 0.15) is 105 Å². The second kappa shape index (κ2) is 12.5. The minimum Gasteiger partial charge on any atom is -0.507 e. The molecule has 1 N–H and O–H groups in total. The first-order valence-electron chi connectivity index (χ1n) is 13.8. The number of ketones is 1. The van der Waals surface area contributed by atoms with E-state index in [1.165, 1.54) is 69.1 Å². The molecule has 0 saturated heterocycles. The highest BCUT2D eigenvalue weighted by Gasteiger charge is 2.24. The zero-order valence-corrected chi connectivity index (χ0v) is 22.0. The van der Waals surface area contributed by atoms with Gasteiger partial charge in [0.25, 0.3) is 6.43 Å². The number of unbranched alkanes of at least 4 members (excludes halogenated alkanes) is 2. The van der Waals surface area contributed by atoms with Crippen molar-refractivity contribution in [2.24, 2.45) is 5.92 Å². The molecule has 1 fully saturated rings. The maximum atomic E-state index is 13.9. The average molecular weight is 505 g/mol. The molecule has 0 radical (unpaired) electrons. The van der Waals surface area contributed by atoms with E-state index in [0.717, 1.165) is 17.0 Å². The van der Waals surface area contributed by atoms with E-state index in [0.29, 0.717) is 11.5 Å². The summed E-state index contributed by atoms with van der Waals surface area (Å²) in [6.07, 6.45) is 7.86. The molecule has 0 spiro atoms. The Kier molecular flexibility index (Phi) is 9.13. The second-order valence-corrected chi connectivity index (χ2v) is 10.4. The summed E-state index contributed by atoms with van der Waals surface area (Å²) >= 11 is 0. The number of Topliss-reactive ketones (excluding diaryl/α,β-unsaturated/α-hetero) is 1. The molecular formula is C33H38F2O2. The van der Waals surface area contributed by atoms with Gasteiger partial charge in [-0.15, -0.1) is 0 Å². The first kappa shape index (κ1) is 27.0. The number of phenols is 1. The molecule has 3 aromatic carbocycles. The number of halogens is 2. The lowest BCUT2D eigenvalue weighted by atomic mass is 9.77. The molecule has 196 valence electrons. The SMILES string of the molecule is CCCCCC1CCC(c2ccc(-c3ccc(-c4ccc(C(=O)CC)c(O)c4C(F)F)cc3)cc2)CC1. The van der Waals surface area contributed by atoms with Gasteiger partial charge in [0.1, 0.15) is 5.75 Å². The van der Waals surface area contributed by atoms with Gasteiger partial charge in [0.15, 0.2) is 5.78 Å². The van der Waals surface area contributed by atoms with Crippen LogP contribution in [0.25, 0.3) is 22.3 Å². The normalized spacial score (nSPS) is 17.8. The number of hydrogen-bond donors (Lipinski definition) is 1. The van der Waals surface area contributed by atoms with Gasteiger partial charge in [-0.05, 0) is 71.4 Å². The molecule has 4 rings (SSSR count). The molecule has 0 unspecified atom stereocenters. The molecule has 0 aromatic heterocycles. The van der Waals surface area contributed by atoms with Crippen LogP contribution in [-0.4, -0.2) is 10.9 Å². The van der Waals surface area contributed by atoms with E-state index < -0.39 is 17.7 Å². The van der Waals surface area contributed by atoms with Crippen molar-refractivity contribution in [3.8, 4) is 28.0 Å². The van der Waals surface area contributed by atoms with Crippen molar-refractivity contribution in [1.82, 2.24) is 0 Å². The molecule has 3 aromatic rings. The number of aromatic hydroxyl groups is 1. The molecule has 1 saturated carbocycles. The first-order chi connectivity index (χ1) is 17.9. The van der Waals surface area contributed by atoms with E-state index in [-0.39, 0.29) is 23.3 Å². The maximum Gasteiger partial charge on any atom is 0.268 e. The number of phenolic OH excluding ortho intramolecular Hbond substituents is 1. The summed E-state index contributed by atoms with van der Waals surface area (Å²) in [6, 6.07) is 19.2. The Morgan fingerprint density at radius 1 is 0.838 bits per heavy atom. The summed E-state index contributed by atoms with van der Waals surface area (Å²) in [4.78, 5) is 12.0. The van der Waals surface area contributed by atoms with Gasteiger partial charge >= 0.3 is 0 Å². The smallest absolute Gasteiger partial charge is 0.268 e. The van der Waals surface area contributed by atoms with Crippen molar-refractivity contribution in [3.63, 3.8) is 0 Å². The highest BCUT2D eigenvalue weighted by atomic mass is 19.3. The fourth-order valence-electron chi connectivity index (χ4n) is 5.75. The minimum atomic E-state index is -2.89. The van der Waals surface area contributed by atoms with Gasteiger partial charge < -0.3 is 5.11 Å². The number of alkyl halides is 2. The quantitative estimate of drug-likeness (QED) is 0.220. The zero-order valence-electron chi connectivity index (χ0n) is 22.0. The van der Waals surface area contributed by atoms with Crippen LogP contribution in [0, 0.1) is 5.92 Å². The van der Waals surface area contributed by atoms with Gasteiger partial charge in [-0.2, -0.15) is 0 Å². The molecule has 0 bridgehead atoms. The predicted molar refractivity (Wildman–Crippen MR) is 147 cm³/mol. The number of carbonyl (C=O) groups excluding carboxylic acids is 1. The van der Waals surface area contributed by atoms with E-state index in [2.05, 4.69) is 31.2 Å². The molecule has 4 heteroatoms. The minimum absolute atomic E-state index is 0.0526. The van der Waals surface area contributed by atoms with E-state index >= 15 is 0 Å². The molecule has 0 aliphatic heterocycles. The number of benzene rings is 3. The van der Waals surface area contributed by atoms with Gasteiger partial charge in [-0.3, -0.25) is 4.79 Å². The van der Waals surface area contributed by atoms with Gasteiger partial charge in [0.05, 0.1) is 11.1 Å². The molecule has 0 atom stereocenters. The van der Waals surface area contributed by atoms with Crippen molar-refractivity contribution in [1.29, 1.82) is 0 Å². The van der Waals surface area contributed by atoms with Crippen LogP contribution in [0.2, 0.25) is 0 Å². The van der Waals surface area contributed by atoms with Crippen molar-refractivity contribution in [3.05, 3.63) is 77.4 Å². The Labute approximate surface area is 219 Å². The standard InChI is InChI=1S/C33H38F2O2/c1-3-5-6-7-22-8-10-23(11-9-22)24-12-14-25(15-13-24)26-16-18-27(19-17-26)28-20-21-29(30(36)4-2)32(37)31(28)33(34)35/h12-23,33,37H,3-11H2,1-2H3. The third kappa shape index (κ3) is 6.29. The van der Waals surface area contributed by atoms with Gasteiger partial charge in [-0.1, -0.05) is 94.1 Å². The molecule has 0 amide bonds. The lowest BCUT2D eigenvalue weighted by Gasteiger charge is -2.29. The number of carbonyl (C=O) groups is 1. The highest BCUT2D eigenvalue weighted by Crippen LogP contribution is 2.41. The van der Waals surface area contributed by atoms with E-state index in [4.69, 9.17) is 0 Å². The number of hydrogen-bond acceptors (Lipinski definition) is 2. The van der Waals surface area contributed by atoms with Crippen LogP contribution >= 0.6 is 0 Å². The summed E-state index contributed by atoms with van der Waals surface area (Å²) in [5, 5.41) is 10.4. The zero-order chi connectivity index (χ0) is 26.4. The second-order valence-electron chi connectivity index (χ2n) is 10.4. The highest BCUT2D eigenvalue weighted by molar-refractivity contribution is 5.99. The van der Waals surface area contributed by atoms with Gasteiger partial charge in [0, 0.05) is 6.42 Å². The summed E-state index contributed by atoms with van der Waals surface area (Å²) in [7, 11) is 0. The Bertz CT molecular complexity index is 1170. The summed E-state index contributed by atoms with van der Waals surface area (Å²) in [5.74, 6) is 0.567. The van der Waals surface area contributed by atoms with Crippen molar-refractivity contribution in [2.75, 3.05) is 0 Å². The van der Waals surface area contributed by atoms with E-state index in [1.807, 2.05) is 12.1 Å². The van der Waals surface area contributed by atoms with Crippen molar-refractivity contribution >= 4 is 5.78 Å². The summed E-state index contributed by atoms with van der Waals surface area (Å²) in [6.45, 7) is 3.91. The molecule has 1 aliphatic carbocycles. The first-order valence-corrected chi connectivity index (χ1v) is 13.8. The van der Waals surface area contributed by atoms with E-state index in [1.54, 1.807) is 19.1 Å². The van der Waals surface area contributed by atoms with Crippen LogP contribution < -0.4 is 0 Å². The Balaban J connectivity index is 1.46. The predicted octanol–water partition coefficient (Wildman–Crippen LogP) is 10.1. The average Bonchev–Trinajstić information content (AvgIpc) is 2.93. The van der Waals surface area contributed by atoms with Crippen molar-refractivity contribution < 1.29 is 18.7 Å². The van der Waals surface area contributed by atoms with Gasteiger partial charge in [-0.25, -0.2) is 8.78 Å². The Morgan fingerprint density at radius 3 is 2.00 bits per heavy atom. The van der Waals surface area contributed by atoms with Crippen molar-refractivity contribution in [2.45, 2.75) is 84.0 Å². The van der Waals surface area contributed by atoms with Gasteiger partial charge in [0.2, 0.25) is 0 Å². The van der Waals surface area contributed by atoms with Crippen LogP contribution in [-0.2, 0) is 0 Å². The van der Waals surface area contributed by atoms with Crippen LogP contribution in [0.5, 0.6) is 5.75 Å². The topological polar surface area (TPSA) is 37.3 Å². The third-order valence-electron chi connectivity index (χ3n) is 8.03.